The molecule has 0 spiro atoms. The maximum Gasteiger partial charge on any atom is 0.407 e. The van der Waals surface area contributed by atoms with Crippen LogP contribution < -0.4 is 5.32 Å². The molecule has 2 N–H and O–H groups in total. The van der Waals surface area contributed by atoms with Crippen LogP contribution >= 0.6 is 0 Å². The number of ether oxygens (including phenoxy) is 1. The first-order valence-corrected chi connectivity index (χ1v) is 12.4. The lowest BCUT2D eigenvalue weighted by molar-refractivity contribution is -0.160. The predicted octanol–water partition coefficient (Wildman–Crippen LogP) is 4.41. The molecule has 1 saturated heterocycles. The monoisotopic (exact) mass is 476 g/mol. The topological polar surface area (TPSA) is 95.9 Å². The van der Waals surface area contributed by atoms with Crippen molar-refractivity contribution >= 4 is 18.0 Å². The summed E-state index contributed by atoms with van der Waals surface area (Å²) in [5.41, 5.74) is 4.01. The number of alkyl carbamates (subject to hydrolysis) is 1. The van der Waals surface area contributed by atoms with Gasteiger partial charge in [-0.2, -0.15) is 0 Å². The summed E-state index contributed by atoms with van der Waals surface area (Å²) in [5, 5.41) is 12.7. The number of amides is 2. The highest BCUT2D eigenvalue weighted by atomic mass is 16.5. The number of carboxylic acid groups (broad SMARTS) is 1. The number of piperidine rings is 1. The number of hydrogen-bond donors (Lipinski definition) is 2. The highest BCUT2D eigenvalue weighted by Gasteiger charge is 2.48. The van der Waals surface area contributed by atoms with Gasteiger partial charge in [0.1, 0.15) is 18.7 Å². The fourth-order valence-corrected chi connectivity index (χ4v) is 5.85. The number of benzene rings is 2. The van der Waals surface area contributed by atoms with Gasteiger partial charge in [-0.25, -0.2) is 9.59 Å². The Kier molecular flexibility index (Phi) is 6.03. The Labute approximate surface area is 205 Å². The molecule has 7 heteroatoms. The van der Waals surface area contributed by atoms with Crippen molar-refractivity contribution in [2.45, 2.75) is 57.5 Å². The lowest BCUT2D eigenvalue weighted by Gasteiger charge is -2.45. The molecule has 3 aliphatic rings. The number of fused-ring (bicyclic) bond motifs is 3. The number of carbonyl (C=O) groups is 3. The molecule has 0 bridgehead atoms. The van der Waals surface area contributed by atoms with Crippen molar-refractivity contribution in [2.24, 2.45) is 11.3 Å². The summed E-state index contributed by atoms with van der Waals surface area (Å²) in [4.78, 5) is 39.9. The maximum absolute atomic E-state index is 13.5. The molecule has 2 atom stereocenters. The van der Waals surface area contributed by atoms with Crippen molar-refractivity contribution in [1.29, 1.82) is 0 Å². The van der Waals surface area contributed by atoms with Crippen LogP contribution in [0.2, 0.25) is 0 Å². The van der Waals surface area contributed by atoms with Crippen LogP contribution in [0.15, 0.2) is 48.5 Å². The Morgan fingerprint density at radius 3 is 2.23 bits per heavy atom. The zero-order chi connectivity index (χ0) is 24.7. The molecule has 7 nitrogen and oxygen atoms in total. The highest BCUT2D eigenvalue weighted by Crippen LogP contribution is 2.44. The van der Waals surface area contributed by atoms with E-state index in [1.165, 1.54) is 4.90 Å². The maximum atomic E-state index is 13.5. The Balaban J connectivity index is 1.28. The van der Waals surface area contributed by atoms with Gasteiger partial charge < -0.3 is 20.1 Å². The van der Waals surface area contributed by atoms with E-state index in [0.29, 0.717) is 6.54 Å². The van der Waals surface area contributed by atoms with Crippen LogP contribution in [-0.2, 0) is 14.3 Å². The second-order valence-corrected chi connectivity index (χ2v) is 10.6. The Hall–Kier alpha value is -3.35. The number of nitrogens with zero attached hydrogens (tertiary/aromatic N) is 1. The second kappa shape index (κ2) is 9.02. The quantitative estimate of drug-likeness (QED) is 0.644. The fourth-order valence-electron chi connectivity index (χ4n) is 5.85. The van der Waals surface area contributed by atoms with Crippen molar-refractivity contribution < 1.29 is 24.2 Å². The Morgan fingerprint density at radius 1 is 1.06 bits per heavy atom. The van der Waals surface area contributed by atoms with Gasteiger partial charge in [-0.15, -0.1) is 0 Å². The zero-order valence-electron chi connectivity index (χ0n) is 20.2. The van der Waals surface area contributed by atoms with E-state index in [4.69, 9.17) is 4.74 Å². The third kappa shape index (κ3) is 4.40. The molecule has 2 unspecified atom stereocenters. The number of carboxylic acids is 1. The first kappa shape index (κ1) is 23.4. The molecule has 2 aromatic rings. The second-order valence-electron chi connectivity index (χ2n) is 10.6. The van der Waals surface area contributed by atoms with E-state index < -0.39 is 29.6 Å². The van der Waals surface area contributed by atoms with Crippen molar-refractivity contribution in [2.75, 3.05) is 13.2 Å². The smallest absolute Gasteiger partial charge is 0.407 e. The first-order chi connectivity index (χ1) is 16.8. The van der Waals surface area contributed by atoms with Crippen LogP contribution in [0.5, 0.6) is 0 Å². The van der Waals surface area contributed by atoms with E-state index in [1.807, 2.05) is 38.1 Å². The summed E-state index contributed by atoms with van der Waals surface area (Å²) < 4.78 is 5.66. The van der Waals surface area contributed by atoms with E-state index in [-0.39, 0.29) is 24.3 Å². The summed E-state index contributed by atoms with van der Waals surface area (Å²) in [6, 6.07) is 14.6. The summed E-state index contributed by atoms with van der Waals surface area (Å²) >= 11 is 0. The van der Waals surface area contributed by atoms with E-state index in [2.05, 4.69) is 29.6 Å². The molecule has 184 valence electrons. The van der Waals surface area contributed by atoms with E-state index >= 15 is 0 Å². The van der Waals surface area contributed by atoms with Gasteiger partial charge in [-0.3, -0.25) is 4.79 Å². The van der Waals surface area contributed by atoms with Crippen molar-refractivity contribution in [3.8, 4) is 11.1 Å². The van der Waals surface area contributed by atoms with Crippen LogP contribution in [0.1, 0.15) is 56.6 Å². The minimum absolute atomic E-state index is 0.0162. The van der Waals surface area contributed by atoms with Crippen LogP contribution in [0, 0.1) is 11.3 Å². The van der Waals surface area contributed by atoms with E-state index in [9.17, 15) is 19.5 Å². The third-order valence-corrected chi connectivity index (χ3v) is 7.77. The van der Waals surface area contributed by atoms with E-state index in [1.54, 1.807) is 0 Å². The lowest BCUT2D eigenvalue weighted by Crippen LogP contribution is -2.61. The van der Waals surface area contributed by atoms with Crippen LogP contribution in [0.4, 0.5) is 4.79 Å². The fraction of sp³-hybridized carbons (Fsp3) is 0.464. The van der Waals surface area contributed by atoms with Gasteiger partial charge in [-0.1, -0.05) is 62.4 Å². The van der Waals surface area contributed by atoms with Gasteiger partial charge in [0.15, 0.2) is 0 Å². The molecule has 35 heavy (non-hydrogen) atoms. The molecule has 2 amide bonds. The molecule has 2 aromatic carbocycles. The van der Waals surface area contributed by atoms with Gasteiger partial charge in [0.05, 0.1) is 0 Å². The number of likely N-dealkylation sites (tertiary alicyclic amines) is 1. The molecule has 0 aromatic heterocycles. The minimum Gasteiger partial charge on any atom is -0.480 e. The molecule has 1 aliphatic heterocycles. The molecule has 5 rings (SSSR count). The molecule has 1 saturated carbocycles. The van der Waals surface area contributed by atoms with Crippen molar-refractivity contribution in [3.63, 3.8) is 0 Å². The average molecular weight is 477 g/mol. The zero-order valence-corrected chi connectivity index (χ0v) is 20.2. The molecule has 2 fully saturated rings. The number of carbonyl (C=O) groups excluding carboxylic acids is 2. The van der Waals surface area contributed by atoms with Crippen LogP contribution in [-0.4, -0.2) is 53.2 Å². The van der Waals surface area contributed by atoms with Crippen molar-refractivity contribution in [3.05, 3.63) is 59.7 Å². The molecule has 0 radical (unpaired) electrons. The average Bonchev–Trinajstić information content (AvgIpc) is 3.62. The Morgan fingerprint density at radius 2 is 1.66 bits per heavy atom. The van der Waals surface area contributed by atoms with E-state index in [0.717, 1.165) is 47.9 Å². The number of hydrogen-bond acceptors (Lipinski definition) is 4. The molecule has 2 aliphatic carbocycles. The number of aliphatic carboxylic acids is 1. The predicted molar refractivity (Wildman–Crippen MR) is 131 cm³/mol. The van der Waals surface area contributed by atoms with Gasteiger partial charge in [-0.05, 0) is 59.3 Å². The molecule has 1 heterocycles. The minimum atomic E-state index is -1.00. The van der Waals surface area contributed by atoms with Crippen LogP contribution in [0.3, 0.4) is 0 Å². The van der Waals surface area contributed by atoms with Gasteiger partial charge >= 0.3 is 12.1 Å². The largest absolute Gasteiger partial charge is 0.480 e. The molecular formula is C28H32N2O5. The lowest BCUT2D eigenvalue weighted by atomic mass is 9.76. The standard InChI is InChI=1S/C28H32N2O5/c1-28(2)14-7-15-30(24(28)26(32)33)25(31)23(17-12-13-17)29-27(34)35-16-22-20-10-5-3-8-18(20)19-9-4-6-11-21(19)22/h3-6,8-11,17,22-24H,7,12-16H2,1-2H3,(H,29,34)(H,32,33). The SMILES string of the molecule is CC1(C)CCCN(C(=O)C(NC(=O)OCC2c3ccccc3-c3ccccc32)C2CC2)C1C(=O)O. The Bertz CT molecular complexity index is 1110. The first-order valence-electron chi connectivity index (χ1n) is 12.4. The van der Waals surface area contributed by atoms with Gasteiger partial charge in [0, 0.05) is 12.5 Å². The van der Waals surface area contributed by atoms with Crippen molar-refractivity contribution in [1.82, 2.24) is 10.2 Å². The summed E-state index contributed by atoms with van der Waals surface area (Å²) in [5.74, 6) is -1.37. The highest BCUT2D eigenvalue weighted by molar-refractivity contribution is 5.90. The third-order valence-electron chi connectivity index (χ3n) is 7.77. The molecular weight excluding hydrogens is 444 g/mol. The summed E-state index contributed by atoms with van der Waals surface area (Å²) in [7, 11) is 0. The van der Waals surface area contributed by atoms with Crippen LogP contribution in [0.25, 0.3) is 11.1 Å². The summed E-state index contributed by atoms with van der Waals surface area (Å²) in [6.07, 6.45) is 2.50. The summed E-state index contributed by atoms with van der Waals surface area (Å²) in [6.45, 7) is 4.32. The normalized spacial score (nSPS) is 21.5. The van der Waals surface area contributed by atoms with Gasteiger partial charge in [0.2, 0.25) is 5.91 Å². The number of rotatable bonds is 6. The number of nitrogens with one attached hydrogen (secondary N) is 1. The van der Waals surface area contributed by atoms with Gasteiger partial charge in [0.25, 0.3) is 0 Å².